The monoisotopic (exact) mass is 193 g/mol. The van der Waals surface area contributed by atoms with E-state index >= 15 is 0 Å². The van der Waals surface area contributed by atoms with Crippen molar-refractivity contribution < 1.29 is 4.74 Å². The Labute approximate surface area is 83.4 Å². The smallest absolute Gasteiger partial charge is 0.0876 e. The van der Waals surface area contributed by atoms with Crippen molar-refractivity contribution in [1.29, 1.82) is 0 Å². The Bertz CT molecular complexity index is 343. The van der Waals surface area contributed by atoms with Crippen LogP contribution in [0, 0.1) is 0 Å². The Morgan fingerprint density at radius 1 is 1.64 bits per heavy atom. The zero-order valence-electron chi connectivity index (χ0n) is 8.31. The van der Waals surface area contributed by atoms with E-state index < -0.39 is 0 Å². The predicted octanol–water partition coefficient (Wildman–Crippen LogP) is 1.11. The summed E-state index contributed by atoms with van der Waals surface area (Å²) >= 11 is 0. The first kappa shape index (κ1) is 9.27. The third-order valence-corrected chi connectivity index (χ3v) is 2.54. The molecule has 0 radical (unpaired) electrons. The van der Waals surface area contributed by atoms with Crippen LogP contribution in [0.1, 0.15) is 24.6 Å². The Morgan fingerprint density at radius 2 is 2.50 bits per heavy atom. The molecule has 1 aromatic heterocycles. The summed E-state index contributed by atoms with van der Waals surface area (Å²) in [6.45, 7) is 0.807. The molecule has 2 N–H and O–H groups in total. The van der Waals surface area contributed by atoms with E-state index in [1.54, 1.807) is 17.1 Å². The van der Waals surface area contributed by atoms with E-state index in [-0.39, 0.29) is 6.04 Å². The molecule has 0 aliphatic carbocycles. The third-order valence-electron chi connectivity index (χ3n) is 2.54. The van der Waals surface area contributed by atoms with Gasteiger partial charge in [-0.1, -0.05) is 0 Å². The van der Waals surface area contributed by atoms with Gasteiger partial charge in [-0.2, -0.15) is 5.10 Å². The van der Waals surface area contributed by atoms with Gasteiger partial charge in [0.25, 0.3) is 0 Å². The van der Waals surface area contributed by atoms with E-state index in [1.807, 2.05) is 13.1 Å². The van der Waals surface area contributed by atoms with Crippen molar-refractivity contribution in [3.05, 3.63) is 29.8 Å². The van der Waals surface area contributed by atoms with Gasteiger partial charge in [-0.05, 0) is 24.5 Å². The van der Waals surface area contributed by atoms with Crippen LogP contribution >= 0.6 is 0 Å². The molecule has 2 heterocycles. The van der Waals surface area contributed by atoms with Crippen molar-refractivity contribution in [3.63, 3.8) is 0 Å². The predicted molar refractivity (Wildman–Crippen MR) is 53.4 cm³/mol. The number of nitrogens with zero attached hydrogens (tertiary/aromatic N) is 2. The van der Waals surface area contributed by atoms with Crippen LogP contribution in [0.2, 0.25) is 0 Å². The molecule has 2 rings (SSSR count). The molecule has 4 nitrogen and oxygen atoms in total. The first-order valence-corrected chi connectivity index (χ1v) is 4.83. The summed E-state index contributed by atoms with van der Waals surface area (Å²) in [5.74, 6) is 0. The van der Waals surface area contributed by atoms with Crippen molar-refractivity contribution in [2.24, 2.45) is 12.8 Å². The number of aromatic nitrogens is 2. The van der Waals surface area contributed by atoms with E-state index in [4.69, 9.17) is 10.5 Å². The van der Waals surface area contributed by atoms with Gasteiger partial charge in [0.2, 0.25) is 0 Å². The summed E-state index contributed by atoms with van der Waals surface area (Å²) in [6.07, 6.45) is 5.63. The normalized spacial score (nSPS) is 18.6. The van der Waals surface area contributed by atoms with Gasteiger partial charge in [0.15, 0.2) is 0 Å². The highest BCUT2D eigenvalue weighted by molar-refractivity contribution is 5.20. The van der Waals surface area contributed by atoms with Crippen LogP contribution in [0.25, 0.3) is 0 Å². The molecule has 0 bridgehead atoms. The highest BCUT2D eigenvalue weighted by atomic mass is 16.5. The van der Waals surface area contributed by atoms with E-state index in [2.05, 4.69) is 5.10 Å². The molecule has 0 fully saturated rings. The fraction of sp³-hybridized carbons (Fsp3) is 0.500. The molecule has 1 unspecified atom stereocenters. The van der Waals surface area contributed by atoms with Crippen LogP contribution in [0.5, 0.6) is 0 Å². The lowest BCUT2D eigenvalue weighted by Gasteiger charge is -2.19. The fourth-order valence-corrected chi connectivity index (χ4v) is 1.69. The zero-order chi connectivity index (χ0) is 9.97. The largest absolute Gasteiger partial charge is 0.501 e. The minimum Gasteiger partial charge on any atom is -0.501 e. The molecule has 14 heavy (non-hydrogen) atoms. The molecular formula is C10H15N3O. The van der Waals surface area contributed by atoms with Crippen LogP contribution in [0.4, 0.5) is 0 Å². The van der Waals surface area contributed by atoms with Crippen LogP contribution in [0.3, 0.4) is 0 Å². The highest BCUT2D eigenvalue weighted by Gasteiger charge is 2.17. The van der Waals surface area contributed by atoms with Crippen LogP contribution in [0.15, 0.2) is 24.1 Å². The van der Waals surface area contributed by atoms with E-state index in [0.29, 0.717) is 0 Å². The molecule has 1 aliphatic heterocycles. The van der Waals surface area contributed by atoms with E-state index in [1.165, 1.54) is 0 Å². The van der Waals surface area contributed by atoms with Gasteiger partial charge in [0.05, 0.1) is 24.6 Å². The maximum atomic E-state index is 6.11. The summed E-state index contributed by atoms with van der Waals surface area (Å²) in [5.41, 5.74) is 8.29. The highest BCUT2D eigenvalue weighted by Crippen LogP contribution is 2.24. The standard InChI is InChI=1S/C10H15N3O/c1-13-9(4-5-12-13)10(11)8-3-2-6-14-7-8/h4-5,7,10H,2-3,6,11H2,1H3. The van der Waals surface area contributed by atoms with Gasteiger partial charge in [-0.25, -0.2) is 0 Å². The summed E-state index contributed by atoms with van der Waals surface area (Å²) < 4.78 is 7.08. The molecule has 1 aromatic rings. The molecule has 0 aromatic carbocycles. The molecule has 0 saturated heterocycles. The molecule has 0 saturated carbocycles. The number of ether oxygens (including phenoxy) is 1. The fourth-order valence-electron chi connectivity index (χ4n) is 1.69. The van der Waals surface area contributed by atoms with Crippen molar-refractivity contribution in [3.8, 4) is 0 Å². The molecule has 1 aliphatic rings. The van der Waals surface area contributed by atoms with Crippen molar-refractivity contribution in [1.82, 2.24) is 9.78 Å². The molecule has 1 atom stereocenters. The number of nitrogens with two attached hydrogens (primary N) is 1. The minimum atomic E-state index is -0.0807. The van der Waals surface area contributed by atoms with Crippen molar-refractivity contribution >= 4 is 0 Å². The van der Waals surface area contributed by atoms with E-state index in [9.17, 15) is 0 Å². The first-order chi connectivity index (χ1) is 6.79. The Balaban J connectivity index is 2.19. The minimum absolute atomic E-state index is 0.0807. The quantitative estimate of drug-likeness (QED) is 0.765. The molecule has 4 heteroatoms. The number of hydrogen-bond acceptors (Lipinski definition) is 3. The van der Waals surface area contributed by atoms with Crippen molar-refractivity contribution in [2.45, 2.75) is 18.9 Å². The summed E-state index contributed by atoms with van der Waals surface area (Å²) in [6, 6.07) is 1.86. The van der Waals surface area contributed by atoms with Gasteiger partial charge in [-0.3, -0.25) is 4.68 Å². The third kappa shape index (κ3) is 1.65. The summed E-state index contributed by atoms with van der Waals surface area (Å²) in [4.78, 5) is 0. The molecular weight excluding hydrogens is 178 g/mol. The maximum Gasteiger partial charge on any atom is 0.0876 e. The van der Waals surface area contributed by atoms with Crippen LogP contribution in [-0.4, -0.2) is 16.4 Å². The topological polar surface area (TPSA) is 53.1 Å². The second kappa shape index (κ2) is 3.84. The lowest BCUT2D eigenvalue weighted by atomic mass is 10.0. The SMILES string of the molecule is Cn1nccc1C(N)C1=COCCC1. The molecule has 0 spiro atoms. The zero-order valence-corrected chi connectivity index (χ0v) is 8.31. The van der Waals surface area contributed by atoms with Gasteiger partial charge in [-0.15, -0.1) is 0 Å². The lowest BCUT2D eigenvalue weighted by Crippen LogP contribution is -2.19. The van der Waals surface area contributed by atoms with Crippen molar-refractivity contribution in [2.75, 3.05) is 6.61 Å². The average Bonchev–Trinajstić information content (AvgIpc) is 2.65. The Morgan fingerprint density at radius 3 is 3.07 bits per heavy atom. The second-order valence-corrected chi connectivity index (χ2v) is 3.52. The van der Waals surface area contributed by atoms with Gasteiger partial charge in [0.1, 0.15) is 0 Å². The molecule has 0 amide bonds. The molecule has 76 valence electrons. The number of hydrogen-bond donors (Lipinski definition) is 1. The van der Waals surface area contributed by atoms with E-state index in [0.717, 1.165) is 30.7 Å². The maximum absolute atomic E-state index is 6.11. The number of rotatable bonds is 2. The summed E-state index contributed by atoms with van der Waals surface area (Å²) in [5, 5.41) is 4.10. The Kier molecular flexibility index (Phi) is 2.54. The first-order valence-electron chi connectivity index (χ1n) is 4.83. The van der Waals surface area contributed by atoms with Gasteiger partial charge >= 0.3 is 0 Å². The van der Waals surface area contributed by atoms with Gasteiger partial charge < -0.3 is 10.5 Å². The lowest BCUT2D eigenvalue weighted by molar-refractivity contribution is 0.221. The Hall–Kier alpha value is -1.29. The van der Waals surface area contributed by atoms with Crippen LogP contribution < -0.4 is 5.73 Å². The number of aryl methyl sites for hydroxylation is 1. The summed E-state index contributed by atoms with van der Waals surface area (Å²) in [7, 11) is 1.90. The van der Waals surface area contributed by atoms with Gasteiger partial charge in [0, 0.05) is 13.2 Å². The van der Waals surface area contributed by atoms with Crippen LogP contribution in [-0.2, 0) is 11.8 Å². The second-order valence-electron chi connectivity index (χ2n) is 3.52. The average molecular weight is 193 g/mol.